The van der Waals surface area contributed by atoms with Crippen molar-refractivity contribution in [3.05, 3.63) is 42.4 Å². The topological polar surface area (TPSA) is 97.2 Å². The van der Waals surface area contributed by atoms with Gasteiger partial charge in [0.15, 0.2) is 0 Å². The van der Waals surface area contributed by atoms with Crippen LogP contribution in [0.25, 0.3) is 0 Å². The van der Waals surface area contributed by atoms with Crippen LogP contribution in [0.2, 0.25) is 0 Å². The molecule has 0 unspecified atom stereocenters. The molecule has 1 atom stereocenters. The number of carbonyl (C=O) groups excluding carboxylic acids is 1. The van der Waals surface area contributed by atoms with Gasteiger partial charge in [0, 0.05) is 50.6 Å². The minimum absolute atomic E-state index is 0.00730. The number of carbonyl (C=O) groups is 1. The van der Waals surface area contributed by atoms with E-state index in [4.69, 9.17) is 0 Å². The molecule has 0 fully saturated rings. The molecule has 140 valence electrons. The maximum Gasteiger partial charge on any atom is 0.223 e. The molecule has 0 aromatic carbocycles. The van der Waals surface area contributed by atoms with E-state index in [9.17, 15) is 13.2 Å². The van der Waals surface area contributed by atoms with Gasteiger partial charge in [-0.15, -0.1) is 0 Å². The molecule has 9 heteroatoms. The van der Waals surface area contributed by atoms with Crippen LogP contribution in [-0.4, -0.2) is 59.1 Å². The predicted octanol–water partition coefficient (Wildman–Crippen LogP) is 0.783. The summed E-state index contributed by atoms with van der Waals surface area (Å²) in [6.45, 7) is 2.33. The van der Waals surface area contributed by atoms with Crippen LogP contribution in [0.5, 0.6) is 0 Å². The molecular formula is C17H23N5O3S. The van der Waals surface area contributed by atoms with Gasteiger partial charge in [-0.1, -0.05) is 6.07 Å². The Kier molecular flexibility index (Phi) is 5.55. The van der Waals surface area contributed by atoms with Crippen LogP contribution in [0.15, 0.2) is 36.7 Å². The second-order valence-corrected chi connectivity index (χ2v) is 8.88. The molecule has 1 N–H and O–H groups in total. The average Bonchev–Trinajstić information content (AvgIpc) is 2.96. The number of pyridine rings is 1. The Morgan fingerprint density at radius 1 is 1.27 bits per heavy atom. The normalized spacial score (nSPS) is 17.4. The van der Waals surface area contributed by atoms with E-state index < -0.39 is 9.84 Å². The fourth-order valence-corrected chi connectivity index (χ4v) is 3.54. The summed E-state index contributed by atoms with van der Waals surface area (Å²) in [6.07, 6.45) is 4.61. The molecule has 3 heterocycles. The first-order valence-electron chi connectivity index (χ1n) is 8.52. The summed E-state index contributed by atoms with van der Waals surface area (Å²) < 4.78 is 24.6. The highest BCUT2D eigenvalue weighted by Crippen LogP contribution is 2.17. The quantitative estimate of drug-likeness (QED) is 0.799. The number of hydrogen-bond donors (Lipinski definition) is 1. The Labute approximate surface area is 153 Å². The van der Waals surface area contributed by atoms with E-state index in [1.54, 1.807) is 17.3 Å². The van der Waals surface area contributed by atoms with Crippen LogP contribution in [-0.2, 0) is 27.7 Å². The number of nitrogens with one attached hydrogen (secondary N) is 1. The van der Waals surface area contributed by atoms with E-state index in [1.165, 1.54) is 0 Å². The van der Waals surface area contributed by atoms with Crippen molar-refractivity contribution in [3.8, 4) is 0 Å². The fraction of sp³-hybridized carbons (Fsp3) is 0.471. The second kappa shape index (κ2) is 7.86. The number of sulfone groups is 1. The van der Waals surface area contributed by atoms with Crippen LogP contribution < -0.4 is 5.32 Å². The molecule has 0 bridgehead atoms. The lowest BCUT2D eigenvalue weighted by Crippen LogP contribution is -2.36. The number of hydrogen-bond acceptors (Lipinski definition) is 6. The lowest BCUT2D eigenvalue weighted by atomic mass is 10.1. The Hall–Kier alpha value is -2.42. The molecule has 0 saturated carbocycles. The number of rotatable bonds is 6. The number of anilines is 1. The summed E-state index contributed by atoms with van der Waals surface area (Å²) in [6, 6.07) is 7.56. The summed E-state index contributed by atoms with van der Waals surface area (Å²) in [5.74, 6) is 0.652. The van der Waals surface area contributed by atoms with Crippen LogP contribution in [0, 0.1) is 5.92 Å². The summed E-state index contributed by atoms with van der Waals surface area (Å²) in [4.78, 5) is 18.5. The van der Waals surface area contributed by atoms with E-state index in [0.29, 0.717) is 26.2 Å². The average molecular weight is 377 g/mol. The molecule has 26 heavy (non-hydrogen) atoms. The summed E-state index contributed by atoms with van der Waals surface area (Å²) in [5, 5.41) is 7.64. The van der Waals surface area contributed by atoms with Crippen molar-refractivity contribution in [2.45, 2.75) is 19.5 Å². The van der Waals surface area contributed by atoms with Gasteiger partial charge in [-0.25, -0.2) is 13.4 Å². The Morgan fingerprint density at radius 2 is 2.12 bits per heavy atom. The molecule has 1 amide bonds. The SMILES string of the molecule is CS(=O)(=O)CCC(=O)N1Cc2ccnn2C[C@@H](CNc2ccccn2)C1. The smallest absolute Gasteiger partial charge is 0.223 e. The standard InChI is InChI=1S/C17H23N5O3S/c1-26(24,25)9-6-17(23)21-11-14(10-19-16-4-2-3-7-18-16)12-22-15(13-21)5-8-20-22/h2-5,7-8,14H,6,9-13H2,1H3,(H,18,19)/t14-/m0/s1. The van der Waals surface area contributed by atoms with E-state index in [1.807, 2.05) is 28.9 Å². The largest absolute Gasteiger partial charge is 0.370 e. The first-order chi connectivity index (χ1) is 12.4. The number of nitrogens with zero attached hydrogens (tertiary/aromatic N) is 4. The van der Waals surface area contributed by atoms with Crippen molar-refractivity contribution in [3.63, 3.8) is 0 Å². The maximum atomic E-state index is 12.5. The third-order valence-corrected chi connectivity index (χ3v) is 5.29. The fourth-order valence-electron chi connectivity index (χ4n) is 3.00. The maximum absolute atomic E-state index is 12.5. The van der Waals surface area contributed by atoms with E-state index in [-0.39, 0.29) is 24.0 Å². The zero-order valence-electron chi connectivity index (χ0n) is 14.7. The van der Waals surface area contributed by atoms with Crippen LogP contribution in [0.3, 0.4) is 0 Å². The molecule has 2 aromatic rings. The molecule has 1 aliphatic rings. The van der Waals surface area contributed by atoms with Gasteiger partial charge >= 0.3 is 0 Å². The van der Waals surface area contributed by atoms with E-state index in [2.05, 4.69) is 15.4 Å². The van der Waals surface area contributed by atoms with Gasteiger partial charge in [0.1, 0.15) is 15.7 Å². The van der Waals surface area contributed by atoms with Gasteiger partial charge < -0.3 is 10.2 Å². The van der Waals surface area contributed by atoms with Gasteiger partial charge in [-0.3, -0.25) is 9.48 Å². The Balaban J connectivity index is 1.69. The first kappa shape index (κ1) is 18.4. The van der Waals surface area contributed by atoms with E-state index in [0.717, 1.165) is 17.8 Å². The Morgan fingerprint density at radius 3 is 2.85 bits per heavy atom. The second-order valence-electron chi connectivity index (χ2n) is 6.62. The summed E-state index contributed by atoms with van der Waals surface area (Å²) in [5.41, 5.74) is 0.957. The number of aromatic nitrogens is 3. The third-order valence-electron chi connectivity index (χ3n) is 4.34. The monoisotopic (exact) mass is 377 g/mol. The minimum Gasteiger partial charge on any atom is -0.370 e. The van der Waals surface area contributed by atoms with E-state index >= 15 is 0 Å². The summed E-state index contributed by atoms with van der Waals surface area (Å²) in [7, 11) is -3.16. The molecular weight excluding hydrogens is 354 g/mol. The highest BCUT2D eigenvalue weighted by atomic mass is 32.2. The number of fused-ring (bicyclic) bond motifs is 1. The lowest BCUT2D eigenvalue weighted by molar-refractivity contribution is -0.131. The molecule has 1 aliphatic heterocycles. The van der Waals surface area contributed by atoms with Gasteiger partial charge in [0.25, 0.3) is 0 Å². The summed E-state index contributed by atoms with van der Waals surface area (Å²) >= 11 is 0. The molecule has 8 nitrogen and oxygen atoms in total. The highest BCUT2D eigenvalue weighted by molar-refractivity contribution is 7.90. The molecule has 2 aromatic heterocycles. The van der Waals surface area contributed by atoms with Crippen LogP contribution >= 0.6 is 0 Å². The van der Waals surface area contributed by atoms with Crippen LogP contribution in [0.1, 0.15) is 12.1 Å². The number of amides is 1. The highest BCUT2D eigenvalue weighted by Gasteiger charge is 2.26. The Bertz CT molecular complexity index is 850. The van der Waals surface area contributed by atoms with Crippen LogP contribution in [0.4, 0.5) is 5.82 Å². The van der Waals surface area contributed by atoms with Crippen molar-refractivity contribution in [1.29, 1.82) is 0 Å². The predicted molar refractivity (Wildman–Crippen MR) is 98.2 cm³/mol. The lowest BCUT2D eigenvalue weighted by Gasteiger charge is -2.24. The molecule has 0 aliphatic carbocycles. The van der Waals surface area contributed by atoms with Crippen molar-refractivity contribution in [2.75, 3.05) is 30.4 Å². The van der Waals surface area contributed by atoms with Crippen molar-refractivity contribution in [1.82, 2.24) is 19.7 Å². The molecule has 0 radical (unpaired) electrons. The van der Waals surface area contributed by atoms with Gasteiger partial charge in [-0.05, 0) is 18.2 Å². The first-order valence-corrected chi connectivity index (χ1v) is 10.6. The van der Waals surface area contributed by atoms with Crippen molar-refractivity contribution >= 4 is 21.6 Å². The molecule has 0 spiro atoms. The molecule has 3 rings (SSSR count). The zero-order valence-corrected chi connectivity index (χ0v) is 15.5. The van der Waals surface area contributed by atoms with Gasteiger partial charge in [-0.2, -0.15) is 5.10 Å². The molecule has 0 saturated heterocycles. The van der Waals surface area contributed by atoms with Crippen molar-refractivity contribution < 1.29 is 13.2 Å². The minimum atomic E-state index is -3.16. The van der Waals surface area contributed by atoms with Crippen molar-refractivity contribution in [2.24, 2.45) is 5.92 Å². The zero-order chi connectivity index (χ0) is 18.6. The van der Waals surface area contributed by atoms with Gasteiger partial charge in [0.05, 0.1) is 18.0 Å². The third kappa shape index (κ3) is 5.04. The van der Waals surface area contributed by atoms with Gasteiger partial charge in [0.2, 0.25) is 5.91 Å².